The molecule has 1 atom stereocenters. The first-order valence-electron chi connectivity index (χ1n) is 7.90. The minimum atomic E-state index is -3.30. The number of thiophene rings is 1. The highest BCUT2D eigenvalue weighted by atomic mass is 79.9. The van der Waals surface area contributed by atoms with Crippen LogP contribution in [0, 0.1) is 0 Å². The smallest absolute Gasteiger partial charge is 0.264 e. The lowest BCUT2D eigenvalue weighted by Gasteiger charge is -2.27. The van der Waals surface area contributed by atoms with Gasteiger partial charge in [0.05, 0.1) is 31.9 Å². The number of likely N-dealkylation sites (N-methyl/N-ethyl adjacent to an activating group) is 1. The van der Waals surface area contributed by atoms with Crippen LogP contribution in [0.3, 0.4) is 0 Å². The van der Waals surface area contributed by atoms with Crippen LogP contribution in [0.4, 0.5) is 0 Å². The molecule has 1 unspecified atom stereocenters. The maximum atomic E-state index is 12.4. The van der Waals surface area contributed by atoms with Gasteiger partial charge in [-0.15, -0.1) is 11.3 Å². The minimum absolute atomic E-state index is 0.00699. The molecule has 0 saturated heterocycles. The fourth-order valence-electron chi connectivity index (χ4n) is 2.88. The molecule has 9 heteroatoms. The first-order valence-corrected chi connectivity index (χ1v) is 11.2. The number of benzene rings is 1. The third kappa shape index (κ3) is 3.99. The Morgan fingerprint density at radius 1 is 1.27 bits per heavy atom. The number of halogens is 1. The number of nitrogens with zero attached hydrogens (tertiary/aromatic N) is 1. The zero-order valence-electron chi connectivity index (χ0n) is 13.9. The van der Waals surface area contributed by atoms with Crippen LogP contribution in [0.5, 0.6) is 0 Å². The standard InChI is InChI=1S/C17H17BrN2O4S2/c1-20(17(22)13-6-7-15(18)25-13)10-16(21)19-12-8-9-26(23,24)14-5-3-2-4-11(12)14/h2-7,12H,8-10H2,1H3,(H,19,21). The molecule has 0 saturated carbocycles. The van der Waals surface area contributed by atoms with E-state index in [-0.39, 0.29) is 35.0 Å². The summed E-state index contributed by atoms with van der Waals surface area (Å²) in [6, 6.07) is 9.82. The highest BCUT2D eigenvalue weighted by Gasteiger charge is 2.31. The second kappa shape index (κ2) is 7.50. The third-order valence-corrected chi connectivity index (χ3v) is 7.58. The molecular weight excluding hydrogens is 440 g/mol. The van der Waals surface area contributed by atoms with Crippen LogP contribution in [0.15, 0.2) is 45.1 Å². The first kappa shape index (κ1) is 19.1. The van der Waals surface area contributed by atoms with Gasteiger partial charge in [0, 0.05) is 7.05 Å². The fourth-order valence-corrected chi connectivity index (χ4v) is 5.89. The van der Waals surface area contributed by atoms with E-state index in [9.17, 15) is 18.0 Å². The van der Waals surface area contributed by atoms with Crippen molar-refractivity contribution in [3.8, 4) is 0 Å². The Morgan fingerprint density at radius 2 is 2.00 bits per heavy atom. The molecule has 3 rings (SSSR count). The first-order chi connectivity index (χ1) is 12.3. The molecule has 0 fully saturated rings. The Hall–Kier alpha value is -1.71. The van der Waals surface area contributed by atoms with Crippen LogP contribution in [-0.2, 0) is 14.6 Å². The normalized spacial score (nSPS) is 18.0. The van der Waals surface area contributed by atoms with E-state index in [4.69, 9.17) is 0 Å². The summed E-state index contributed by atoms with van der Waals surface area (Å²) in [6.07, 6.45) is 0.320. The van der Waals surface area contributed by atoms with Crippen molar-refractivity contribution in [2.45, 2.75) is 17.4 Å². The number of amides is 2. The van der Waals surface area contributed by atoms with Crippen LogP contribution < -0.4 is 5.32 Å². The number of rotatable bonds is 4. The number of hydrogen-bond acceptors (Lipinski definition) is 5. The van der Waals surface area contributed by atoms with Crippen LogP contribution in [0.2, 0.25) is 0 Å². The molecule has 2 amide bonds. The molecule has 1 aliphatic rings. The van der Waals surface area contributed by atoms with Gasteiger partial charge in [-0.3, -0.25) is 9.59 Å². The van der Waals surface area contributed by atoms with Gasteiger partial charge in [0.25, 0.3) is 5.91 Å². The highest BCUT2D eigenvalue weighted by molar-refractivity contribution is 9.11. The molecule has 1 aromatic heterocycles. The lowest BCUT2D eigenvalue weighted by Crippen LogP contribution is -2.41. The lowest BCUT2D eigenvalue weighted by molar-refractivity contribution is -0.122. The van der Waals surface area contributed by atoms with Crippen LogP contribution in [-0.4, -0.2) is 44.5 Å². The number of nitrogens with one attached hydrogen (secondary N) is 1. The molecule has 26 heavy (non-hydrogen) atoms. The van der Waals surface area contributed by atoms with Crippen molar-refractivity contribution in [2.24, 2.45) is 0 Å². The Morgan fingerprint density at radius 3 is 2.69 bits per heavy atom. The fraction of sp³-hybridized carbons (Fsp3) is 0.294. The maximum Gasteiger partial charge on any atom is 0.264 e. The van der Waals surface area contributed by atoms with Crippen molar-refractivity contribution in [2.75, 3.05) is 19.3 Å². The molecule has 138 valence electrons. The van der Waals surface area contributed by atoms with Crippen molar-refractivity contribution in [3.05, 3.63) is 50.6 Å². The molecule has 1 N–H and O–H groups in total. The zero-order valence-corrected chi connectivity index (χ0v) is 17.2. The Balaban J connectivity index is 1.68. The summed E-state index contributed by atoms with van der Waals surface area (Å²) in [4.78, 5) is 26.9. The SMILES string of the molecule is CN(CC(=O)NC1CCS(=O)(=O)c2ccccc21)C(=O)c1ccc(Br)s1. The van der Waals surface area contributed by atoms with E-state index in [1.807, 2.05) is 0 Å². The Labute approximate surface area is 164 Å². The second-order valence-corrected chi connectivity index (χ2v) is 10.6. The monoisotopic (exact) mass is 456 g/mol. The van der Waals surface area contributed by atoms with Crippen molar-refractivity contribution in [3.63, 3.8) is 0 Å². The number of sulfone groups is 1. The topological polar surface area (TPSA) is 83.6 Å². The third-order valence-electron chi connectivity index (χ3n) is 4.15. The van der Waals surface area contributed by atoms with Gasteiger partial charge in [-0.05, 0) is 46.1 Å². The van der Waals surface area contributed by atoms with E-state index in [1.54, 1.807) is 43.4 Å². The molecule has 2 heterocycles. The van der Waals surface area contributed by atoms with Gasteiger partial charge in [-0.2, -0.15) is 0 Å². The Kier molecular flexibility index (Phi) is 5.50. The van der Waals surface area contributed by atoms with E-state index in [2.05, 4.69) is 21.2 Å². The summed E-state index contributed by atoms with van der Waals surface area (Å²) in [5, 5.41) is 2.85. The average Bonchev–Trinajstić information content (AvgIpc) is 3.03. The van der Waals surface area contributed by atoms with Crippen molar-refractivity contribution >= 4 is 48.9 Å². The van der Waals surface area contributed by atoms with Crippen LogP contribution >= 0.6 is 27.3 Å². The van der Waals surface area contributed by atoms with Crippen LogP contribution in [0.1, 0.15) is 27.7 Å². The summed E-state index contributed by atoms with van der Waals surface area (Å²) >= 11 is 4.61. The molecule has 0 spiro atoms. The van der Waals surface area contributed by atoms with Gasteiger partial charge in [-0.25, -0.2) is 8.42 Å². The molecule has 1 aliphatic heterocycles. The number of hydrogen-bond donors (Lipinski definition) is 1. The lowest BCUT2D eigenvalue weighted by atomic mass is 10.0. The molecule has 1 aromatic carbocycles. The van der Waals surface area contributed by atoms with E-state index < -0.39 is 9.84 Å². The summed E-state index contributed by atoms with van der Waals surface area (Å²) in [6.45, 7) is -0.0975. The molecule has 6 nitrogen and oxygen atoms in total. The average molecular weight is 457 g/mol. The van der Waals surface area contributed by atoms with Gasteiger partial charge in [0.1, 0.15) is 0 Å². The van der Waals surface area contributed by atoms with Crippen molar-refractivity contribution < 1.29 is 18.0 Å². The van der Waals surface area contributed by atoms with Gasteiger partial charge >= 0.3 is 0 Å². The summed E-state index contributed by atoms with van der Waals surface area (Å²) < 4.78 is 25.2. The molecule has 0 radical (unpaired) electrons. The summed E-state index contributed by atoms with van der Waals surface area (Å²) in [5.41, 5.74) is 0.600. The van der Waals surface area contributed by atoms with Gasteiger partial charge < -0.3 is 10.2 Å². The predicted octanol–water partition coefficient (Wildman–Crippen LogP) is 2.62. The van der Waals surface area contributed by atoms with E-state index in [1.165, 1.54) is 16.2 Å². The van der Waals surface area contributed by atoms with E-state index in [0.29, 0.717) is 16.9 Å². The molecule has 2 aromatic rings. The van der Waals surface area contributed by atoms with E-state index >= 15 is 0 Å². The van der Waals surface area contributed by atoms with Crippen molar-refractivity contribution in [1.82, 2.24) is 10.2 Å². The van der Waals surface area contributed by atoms with Crippen molar-refractivity contribution in [1.29, 1.82) is 0 Å². The number of carbonyl (C=O) groups is 2. The molecule has 0 aliphatic carbocycles. The van der Waals surface area contributed by atoms with E-state index in [0.717, 1.165) is 3.79 Å². The maximum absolute atomic E-state index is 12.4. The summed E-state index contributed by atoms with van der Waals surface area (Å²) in [7, 11) is -1.74. The zero-order chi connectivity index (χ0) is 18.9. The molecular formula is C17H17BrN2O4S2. The quantitative estimate of drug-likeness (QED) is 0.765. The summed E-state index contributed by atoms with van der Waals surface area (Å²) in [5.74, 6) is -0.564. The predicted molar refractivity (Wildman–Crippen MR) is 103 cm³/mol. The number of fused-ring (bicyclic) bond motifs is 1. The minimum Gasteiger partial charge on any atom is -0.348 e. The second-order valence-electron chi connectivity index (χ2n) is 6.03. The number of carbonyl (C=O) groups excluding carboxylic acids is 2. The Bertz CT molecular complexity index is 955. The van der Waals surface area contributed by atoms with Gasteiger partial charge in [0.15, 0.2) is 9.84 Å². The molecule has 0 bridgehead atoms. The van der Waals surface area contributed by atoms with Crippen LogP contribution in [0.25, 0.3) is 0 Å². The largest absolute Gasteiger partial charge is 0.348 e. The van der Waals surface area contributed by atoms with Gasteiger partial charge in [-0.1, -0.05) is 18.2 Å². The van der Waals surface area contributed by atoms with Gasteiger partial charge in [0.2, 0.25) is 5.91 Å². The highest BCUT2D eigenvalue weighted by Crippen LogP contribution is 2.31.